The molecule has 0 N–H and O–H groups in total. The highest BCUT2D eigenvalue weighted by molar-refractivity contribution is 6.52. The first-order chi connectivity index (χ1) is 9.93. The molecule has 5 heteroatoms. The molecule has 0 bridgehead atoms. The molecule has 2 aromatic rings. The average molecular weight is 346 g/mol. The molecule has 1 aliphatic carbocycles. The molecule has 0 radical (unpaired) electrons. The van der Waals surface area contributed by atoms with E-state index < -0.39 is 4.33 Å². The second-order valence-corrected chi connectivity index (χ2v) is 6.99. The molecule has 0 amide bonds. The van der Waals surface area contributed by atoms with Crippen LogP contribution >= 0.6 is 34.8 Å². The van der Waals surface area contributed by atoms with Crippen LogP contribution in [0.3, 0.4) is 0 Å². The van der Waals surface area contributed by atoms with Crippen LogP contribution in [0.5, 0.6) is 5.75 Å². The summed E-state index contributed by atoms with van der Waals surface area (Å²) >= 11 is 18.7. The maximum atomic E-state index is 13.5. The molecule has 0 saturated heterocycles. The Bertz CT molecular complexity index is 649. The van der Waals surface area contributed by atoms with Crippen molar-refractivity contribution < 1.29 is 9.13 Å². The largest absolute Gasteiger partial charge is 0.497 e. The Morgan fingerprint density at radius 2 is 1.62 bits per heavy atom. The van der Waals surface area contributed by atoms with Crippen molar-refractivity contribution in [2.24, 2.45) is 0 Å². The van der Waals surface area contributed by atoms with Crippen molar-refractivity contribution in [2.75, 3.05) is 7.11 Å². The zero-order chi connectivity index (χ0) is 15.2. The van der Waals surface area contributed by atoms with Crippen LogP contribution in [-0.2, 0) is 0 Å². The van der Waals surface area contributed by atoms with E-state index in [0.29, 0.717) is 10.6 Å². The van der Waals surface area contributed by atoms with Gasteiger partial charge in [0.2, 0.25) is 0 Å². The van der Waals surface area contributed by atoms with E-state index in [1.807, 2.05) is 24.3 Å². The number of methoxy groups -OCH3 is 1. The highest BCUT2D eigenvalue weighted by Gasteiger charge is 2.64. The molecule has 0 spiro atoms. The van der Waals surface area contributed by atoms with E-state index in [-0.39, 0.29) is 17.7 Å². The van der Waals surface area contributed by atoms with E-state index in [1.165, 1.54) is 12.1 Å². The third-order valence-corrected chi connectivity index (χ3v) is 4.93. The fourth-order valence-electron chi connectivity index (χ4n) is 2.72. The molecular weight excluding hydrogens is 334 g/mol. The number of benzene rings is 2. The lowest BCUT2D eigenvalue weighted by Crippen LogP contribution is -1.91. The molecule has 2 atom stereocenters. The van der Waals surface area contributed by atoms with Gasteiger partial charge >= 0.3 is 0 Å². The summed E-state index contributed by atoms with van der Waals surface area (Å²) in [6.07, 6.45) is 0. The Morgan fingerprint density at radius 3 is 2.19 bits per heavy atom. The Kier molecular flexibility index (Phi) is 3.81. The van der Waals surface area contributed by atoms with Crippen molar-refractivity contribution in [3.05, 3.63) is 64.4 Å². The lowest BCUT2D eigenvalue weighted by molar-refractivity contribution is 0.414. The highest BCUT2D eigenvalue weighted by Crippen LogP contribution is 2.70. The summed E-state index contributed by atoms with van der Waals surface area (Å²) in [6, 6.07) is 12.0. The fraction of sp³-hybridized carbons (Fsp3) is 0.250. The van der Waals surface area contributed by atoms with Crippen molar-refractivity contribution in [2.45, 2.75) is 16.2 Å². The Labute approximate surface area is 137 Å². The minimum Gasteiger partial charge on any atom is -0.497 e. The number of alkyl halides is 2. The number of hydrogen-bond donors (Lipinski definition) is 0. The van der Waals surface area contributed by atoms with E-state index >= 15 is 0 Å². The molecule has 0 aliphatic heterocycles. The number of hydrogen-bond acceptors (Lipinski definition) is 1. The normalized spacial score (nSPS) is 22.9. The van der Waals surface area contributed by atoms with Gasteiger partial charge in [0, 0.05) is 16.9 Å². The second-order valence-electron chi connectivity index (χ2n) is 5.11. The molecule has 1 aliphatic rings. The maximum absolute atomic E-state index is 13.5. The van der Waals surface area contributed by atoms with Gasteiger partial charge in [-0.05, 0) is 41.5 Å². The lowest BCUT2D eigenvalue weighted by atomic mass is 10.0. The van der Waals surface area contributed by atoms with Crippen molar-refractivity contribution in [3.63, 3.8) is 0 Å². The molecule has 0 heterocycles. The van der Waals surface area contributed by atoms with Gasteiger partial charge in [-0.25, -0.2) is 4.39 Å². The summed E-state index contributed by atoms with van der Waals surface area (Å²) in [5.74, 6) is 0.105. The van der Waals surface area contributed by atoms with Gasteiger partial charge in [0.05, 0.1) is 7.11 Å². The van der Waals surface area contributed by atoms with E-state index in [9.17, 15) is 4.39 Å². The van der Waals surface area contributed by atoms with E-state index in [0.717, 1.165) is 11.3 Å². The first-order valence-electron chi connectivity index (χ1n) is 6.41. The van der Waals surface area contributed by atoms with Gasteiger partial charge in [0.1, 0.15) is 15.9 Å². The summed E-state index contributed by atoms with van der Waals surface area (Å²) in [5.41, 5.74) is 1.71. The van der Waals surface area contributed by atoms with Crippen LogP contribution in [0.1, 0.15) is 23.0 Å². The Balaban J connectivity index is 1.93. The standard InChI is InChI=1S/C16H12Cl3FO/c1-21-13-4-2-9(3-5-13)14-15(16(14,18)19)10-6-11(17)8-12(20)7-10/h2-8,14-15H,1H3. The van der Waals surface area contributed by atoms with Gasteiger partial charge in [-0.1, -0.05) is 23.7 Å². The minimum absolute atomic E-state index is 0.0930. The quantitative estimate of drug-likeness (QED) is 0.663. The molecule has 3 rings (SSSR count). The second kappa shape index (κ2) is 5.35. The lowest BCUT2D eigenvalue weighted by Gasteiger charge is -2.03. The Hall–Kier alpha value is -0.960. The summed E-state index contributed by atoms with van der Waals surface area (Å²) in [7, 11) is 1.61. The summed E-state index contributed by atoms with van der Waals surface area (Å²) < 4.78 is 17.7. The SMILES string of the molecule is COc1ccc(C2C(c3cc(F)cc(Cl)c3)C2(Cl)Cl)cc1. The van der Waals surface area contributed by atoms with Crippen molar-refractivity contribution >= 4 is 34.8 Å². The first kappa shape index (κ1) is 15.0. The van der Waals surface area contributed by atoms with Crippen molar-refractivity contribution in [1.82, 2.24) is 0 Å². The topological polar surface area (TPSA) is 9.23 Å². The first-order valence-corrected chi connectivity index (χ1v) is 7.54. The van der Waals surface area contributed by atoms with E-state index in [4.69, 9.17) is 39.5 Å². The van der Waals surface area contributed by atoms with Crippen molar-refractivity contribution in [1.29, 1.82) is 0 Å². The predicted molar refractivity (Wildman–Crippen MR) is 84.3 cm³/mol. The molecule has 2 unspecified atom stereocenters. The van der Waals surface area contributed by atoms with Gasteiger partial charge in [-0.3, -0.25) is 0 Å². The van der Waals surface area contributed by atoms with Gasteiger partial charge in [0.15, 0.2) is 0 Å². The monoisotopic (exact) mass is 344 g/mol. The fourth-order valence-corrected chi connectivity index (χ4v) is 3.83. The van der Waals surface area contributed by atoms with Crippen LogP contribution in [0.15, 0.2) is 42.5 Å². The summed E-state index contributed by atoms with van der Waals surface area (Å²) in [4.78, 5) is 0. The zero-order valence-corrected chi connectivity index (χ0v) is 13.4. The number of rotatable bonds is 3. The van der Waals surface area contributed by atoms with Gasteiger partial charge < -0.3 is 4.74 Å². The molecule has 1 nitrogen and oxygen atoms in total. The van der Waals surface area contributed by atoms with E-state index in [2.05, 4.69) is 0 Å². The van der Waals surface area contributed by atoms with Crippen LogP contribution < -0.4 is 4.74 Å². The molecule has 1 saturated carbocycles. The van der Waals surface area contributed by atoms with E-state index in [1.54, 1.807) is 13.2 Å². The van der Waals surface area contributed by atoms with Crippen LogP contribution in [0, 0.1) is 5.82 Å². The van der Waals surface area contributed by atoms with Crippen LogP contribution in [0.25, 0.3) is 0 Å². The summed E-state index contributed by atoms with van der Waals surface area (Å²) in [5, 5.41) is 0.342. The average Bonchev–Trinajstić information content (AvgIpc) is 3.00. The molecule has 2 aromatic carbocycles. The zero-order valence-electron chi connectivity index (χ0n) is 11.1. The van der Waals surface area contributed by atoms with Crippen molar-refractivity contribution in [3.8, 4) is 5.75 Å². The third-order valence-electron chi connectivity index (χ3n) is 3.77. The number of halogens is 4. The molecule has 110 valence electrons. The molecule has 21 heavy (non-hydrogen) atoms. The van der Waals surface area contributed by atoms with Crippen LogP contribution in [-0.4, -0.2) is 11.4 Å². The smallest absolute Gasteiger partial charge is 0.133 e. The molecule has 1 fully saturated rings. The third kappa shape index (κ3) is 2.73. The molecule has 0 aromatic heterocycles. The number of ether oxygens (including phenoxy) is 1. The van der Waals surface area contributed by atoms with Gasteiger partial charge in [-0.15, -0.1) is 23.2 Å². The van der Waals surface area contributed by atoms with Crippen LogP contribution in [0.2, 0.25) is 5.02 Å². The summed E-state index contributed by atoms with van der Waals surface area (Å²) in [6.45, 7) is 0. The predicted octanol–water partition coefficient (Wildman–Crippen LogP) is 5.54. The minimum atomic E-state index is -0.953. The van der Waals surface area contributed by atoms with Gasteiger partial charge in [-0.2, -0.15) is 0 Å². The maximum Gasteiger partial charge on any atom is 0.133 e. The van der Waals surface area contributed by atoms with Gasteiger partial charge in [0.25, 0.3) is 0 Å². The Morgan fingerprint density at radius 1 is 1.00 bits per heavy atom. The molecular formula is C16H12Cl3FO. The highest BCUT2D eigenvalue weighted by atomic mass is 35.5. The van der Waals surface area contributed by atoms with Crippen LogP contribution in [0.4, 0.5) is 4.39 Å².